The monoisotopic (exact) mass is 261 g/mol. The SMILES string of the molecule is CCN(CC)C(=O)c1cccc(C(=O)NC2CC2)n1. The fraction of sp³-hybridized carbons (Fsp3) is 0.500. The number of hydrogen-bond acceptors (Lipinski definition) is 3. The van der Waals surface area contributed by atoms with Crippen LogP contribution in [-0.4, -0.2) is 40.8 Å². The summed E-state index contributed by atoms with van der Waals surface area (Å²) in [6, 6.07) is 5.27. The van der Waals surface area contributed by atoms with Crippen LogP contribution in [0, 0.1) is 0 Å². The highest BCUT2D eigenvalue weighted by Gasteiger charge is 2.24. The zero-order valence-electron chi connectivity index (χ0n) is 11.3. The third-order valence-corrected chi connectivity index (χ3v) is 3.16. The van der Waals surface area contributed by atoms with Crippen LogP contribution in [0.2, 0.25) is 0 Å². The Bertz CT molecular complexity index is 479. The largest absolute Gasteiger partial charge is 0.348 e. The van der Waals surface area contributed by atoms with Crippen LogP contribution in [0.4, 0.5) is 0 Å². The lowest BCUT2D eigenvalue weighted by molar-refractivity contribution is 0.0767. The van der Waals surface area contributed by atoms with Crippen LogP contribution < -0.4 is 5.32 Å². The van der Waals surface area contributed by atoms with Gasteiger partial charge in [0.05, 0.1) is 0 Å². The average molecular weight is 261 g/mol. The lowest BCUT2D eigenvalue weighted by Gasteiger charge is -2.18. The Hall–Kier alpha value is -1.91. The molecular formula is C14H19N3O2. The molecule has 1 saturated carbocycles. The summed E-state index contributed by atoms with van der Waals surface area (Å²) in [5.74, 6) is -0.331. The molecular weight excluding hydrogens is 242 g/mol. The fourth-order valence-corrected chi connectivity index (χ4v) is 1.84. The molecule has 1 heterocycles. The lowest BCUT2D eigenvalue weighted by Crippen LogP contribution is -2.32. The summed E-state index contributed by atoms with van der Waals surface area (Å²) in [5.41, 5.74) is 0.636. The van der Waals surface area contributed by atoms with Crippen LogP contribution in [0.5, 0.6) is 0 Å². The summed E-state index contributed by atoms with van der Waals surface area (Å²) in [6.07, 6.45) is 2.06. The smallest absolute Gasteiger partial charge is 0.272 e. The average Bonchev–Trinajstić information content (AvgIpc) is 3.24. The van der Waals surface area contributed by atoms with Crippen molar-refractivity contribution in [1.29, 1.82) is 0 Å². The number of hydrogen-bond donors (Lipinski definition) is 1. The number of aromatic nitrogens is 1. The molecule has 1 aliphatic carbocycles. The summed E-state index contributed by atoms with van der Waals surface area (Å²) in [6.45, 7) is 5.11. The van der Waals surface area contributed by atoms with Crippen molar-refractivity contribution in [2.75, 3.05) is 13.1 Å². The van der Waals surface area contributed by atoms with E-state index in [-0.39, 0.29) is 17.9 Å². The molecule has 2 rings (SSSR count). The first-order chi connectivity index (χ1) is 9.15. The van der Waals surface area contributed by atoms with Gasteiger partial charge in [0.1, 0.15) is 11.4 Å². The quantitative estimate of drug-likeness (QED) is 0.872. The van der Waals surface area contributed by atoms with Crippen LogP contribution >= 0.6 is 0 Å². The Morgan fingerprint density at radius 1 is 1.26 bits per heavy atom. The van der Waals surface area contributed by atoms with Gasteiger partial charge in [-0.2, -0.15) is 0 Å². The van der Waals surface area contributed by atoms with Gasteiger partial charge in [0.15, 0.2) is 0 Å². The summed E-state index contributed by atoms with van der Waals surface area (Å²) in [7, 11) is 0. The van der Waals surface area contributed by atoms with Crippen molar-refractivity contribution in [2.24, 2.45) is 0 Å². The number of rotatable bonds is 5. The Kier molecular flexibility index (Phi) is 4.14. The standard InChI is InChI=1S/C14H19N3O2/c1-3-17(4-2)14(19)12-7-5-6-11(16-12)13(18)15-10-8-9-10/h5-7,10H,3-4,8-9H2,1-2H3,(H,15,18). The molecule has 19 heavy (non-hydrogen) atoms. The highest BCUT2D eigenvalue weighted by Crippen LogP contribution is 2.19. The van der Waals surface area contributed by atoms with Gasteiger partial charge in [-0.15, -0.1) is 0 Å². The molecule has 5 heteroatoms. The Balaban J connectivity index is 2.13. The summed E-state index contributed by atoms with van der Waals surface area (Å²) < 4.78 is 0. The van der Waals surface area contributed by atoms with Crippen molar-refractivity contribution >= 4 is 11.8 Å². The van der Waals surface area contributed by atoms with E-state index in [9.17, 15) is 9.59 Å². The van der Waals surface area contributed by atoms with Gasteiger partial charge in [-0.25, -0.2) is 4.98 Å². The Morgan fingerprint density at radius 3 is 2.47 bits per heavy atom. The fourth-order valence-electron chi connectivity index (χ4n) is 1.84. The van der Waals surface area contributed by atoms with E-state index < -0.39 is 0 Å². The highest BCUT2D eigenvalue weighted by atomic mass is 16.2. The van der Waals surface area contributed by atoms with Crippen LogP contribution in [0.1, 0.15) is 47.7 Å². The van der Waals surface area contributed by atoms with Crippen molar-refractivity contribution < 1.29 is 9.59 Å². The number of amides is 2. The van der Waals surface area contributed by atoms with E-state index in [2.05, 4.69) is 10.3 Å². The summed E-state index contributed by atoms with van der Waals surface area (Å²) >= 11 is 0. The molecule has 5 nitrogen and oxygen atoms in total. The van der Waals surface area contributed by atoms with Gasteiger partial charge in [-0.05, 0) is 38.8 Å². The van der Waals surface area contributed by atoms with Crippen molar-refractivity contribution in [3.63, 3.8) is 0 Å². The second-order valence-corrected chi connectivity index (χ2v) is 4.63. The minimum Gasteiger partial charge on any atom is -0.348 e. The van der Waals surface area contributed by atoms with Gasteiger partial charge < -0.3 is 10.2 Å². The molecule has 1 aromatic heterocycles. The molecule has 1 N–H and O–H groups in total. The normalized spacial score (nSPS) is 14.0. The van der Waals surface area contributed by atoms with Gasteiger partial charge in [0, 0.05) is 19.1 Å². The predicted octanol–water partition coefficient (Wildman–Crippen LogP) is 1.46. The molecule has 102 valence electrons. The van der Waals surface area contributed by atoms with Crippen LogP contribution in [-0.2, 0) is 0 Å². The number of carbonyl (C=O) groups is 2. The maximum atomic E-state index is 12.1. The molecule has 0 atom stereocenters. The number of pyridine rings is 1. The van der Waals surface area contributed by atoms with Crippen LogP contribution in [0.25, 0.3) is 0 Å². The van der Waals surface area contributed by atoms with E-state index in [1.54, 1.807) is 23.1 Å². The third-order valence-electron chi connectivity index (χ3n) is 3.16. The molecule has 1 fully saturated rings. The number of nitrogens with zero attached hydrogens (tertiary/aromatic N) is 2. The van der Waals surface area contributed by atoms with Crippen molar-refractivity contribution in [2.45, 2.75) is 32.7 Å². The van der Waals surface area contributed by atoms with Crippen molar-refractivity contribution in [3.8, 4) is 0 Å². The van der Waals surface area contributed by atoms with E-state index in [1.807, 2.05) is 13.8 Å². The molecule has 1 aliphatic rings. The van der Waals surface area contributed by atoms with Crippen LogP contribution in [0.3, 0.4) is 0 Å². The summed E-state index contributed by atoms with van der Waals surface area (Å²) in [5, 5.41) is 2.87. The zero-order valence-corrected chi connectivity index (χ0v) is 11.3. The molecule has 0 spiro atoms. The van der Waals surface area contributed by atoms with Gasteiger partial charge in [0.25, 0.3) is 11.8 Å². The first kappa shape index (κ1) is 13.5. The minimum absolute atomic E-state index is 0.133. The Labute approximate surface area is 113 Å². The highest BCUT2D eigenvalue weighted by molar-refractivity contribution is 5.96. The molecule has 0 radical (unpaired) electrons. The molecule has 2 amide bonds. The molecule has 0 unspecified atom stereocenters. The molecule has 0 bridgehead atoms. The predicted molar refractivity (Wildman–Crippen MR) is 72.0 cm³/mol. The van der Waals surface area contributed by atoms with E-state index >= 15 is 0 Å². The second kappa shape index (κ2) is 5.82. The zero-order chi connectivity index (χ0) is 13.8. The molecule has 0 aliphatic heterocycles. The maximum absolute atomic E-state index is 12.1. The number of nitrogens with one attached hydrogen (secondary N) is 1. The molecule has 1 aromatic rings. The third kappa shape index (κ3) is 3.30. The number of carbonyl (C=O) groups excluding carboxylic acids is 2. The van der Waals surface area contributed by atoms with E-state index in [1.165, 1.54) is 0 Å². The molecule has 0 aromatic carbocycles. The van der Waals surface area contributed by atoms with Crippen LogP contribution in [0.15, 0.2) is 18.2 Å². The van der Waals surface area contributed by atoms with E-state index in [4.69, 9.17) is 0 Å². The van der Waals surface area contributed by atoms with Crippen molar-refractivity contribution in [3.05, 3.63) is 29.6 Å². The first-order valence-corrected chi connectivity index (χ1v) is 6.72. The summed E-state index contributed by atoms with van der Waals surface area (Å²) in [4.78, 5) is 29.9. The van der Waals surface area contributed by atoms with Gasteiger partial charge in [-0.3, -0.25) is 9.59 Å². The Morgan fingerprint density at radius 2 is 1.89 bits per heavy atom. The van der Waals surface area contributed by atoms with Crippen molar-refractivity contribution in [1.82, 2.24) is 15.2 Å². The second-order valence-electron chi connectivity index (χ2n) is 4.63. The minimum atomic E-state index is -0.198. The molecule has 0 saturated heterocycles. The van der Waals surface area contributed by atoms with Gasteiger partial charge in [-0.1, -0.05) is 6.07 Å². The first-order valence-electron chi connectivity index (χ1n) is 6.72. The lowest BCUT2D eigenvalue weighted by atomic mass is 10.2. The van der Waals surface area contributed by atoms with E-state index in [0.29, 0.717) is 24.5 Å². The van der Waals surface area contributed by atoms with Gasteiger partial charge >= 0.3 is 0 Å². The topological polar surface area (TPSA) is 62.3 Å². The maximum Gasteiger partial charge on any atom is 0.272 e. The van der Waals surface area contributed by atoms with Gasteiger partial charge in [0.2, 0.25) is 0 Å². The van der Waals surface area contributed by atoms with E-state index in [0.717, 1.165) is 12.8 Å².